The van der Waals surface area contributed by atoms with Gasteiger partial charge in [0.1, 0.15) is 0 Å². The van der Waals surface area contributed by atoms with Crippen LogP contribution in [-0.2, 0) is 4.74 Å². The molecule has 1 N–H and O–H groups in total. The molecule has 104 valence electrons. The summed E-state index contributed by atoms with van der Waals surface area (Å²) in [6.07, 6.45) is -0.0649. The third-order valence-electron chi connectivity index (χ3n) is 3.01. The molecule has 0 radical (unpaired) electrons. The summed E-state index contributed by atoms with van der Waals surface area (Å²) in [5.74, 6) is -1.07. The number of nitrogens with one attached hydrogen (secondary N) is 1. The van der Waals surface area contributed by atoms with Crippen LogP contribution in [0.15, 0.2) is 18.2 Å². The number of carbonyl (C=O) groups is 1. The van der Waals surface area contributed by atoms with Crippen molar-refractivity contribution in [2.45, 2.75) is 6.10 Å². The monoisotopic (exact) mass is 286 g/mol. The lowest BCUT2D eigenvalue weighted by molar-refractivity contribution is 0.0103. The first-order valence-electron chi connectivity index (χ1n) is 6.11. The van der Waals surface area contributed by atoms with Crippen molar-refractivity contribution in [1.29, 1.82) is 0 Å². The number of halogens is 2. The standard InChI is InChI=1S/C13H16ClFN2O2/c1-17(8-9-7-16-5-6-19-9)13(18)10-3-2-4-11(14)12(10)15/h2-4,9,16H,5-8H2,1H3. The molecule has 1 atom stereocenters. The van der Waals surface area contributed by atoms with Crippen LogP contribution in [0.3, 0.4) is 0 Å². The fourth-order valence-electron chi connectivity index (χ4n) is 2.00. The Balaban J connectivity index is 2.03. The molecular weight excluding hydrogens is 271 g/mol. The van der Waals surface area contributed by atoms with Crippen LogP contribution in [0.1, 0.15) is 10.4 Å². The van der Waals surface area contributed by atoms with Crippen molar-refractivity contribution in [3.63, 3.8) is 0 Å². The third-order valence-corrected chi connectivity index (χ3v) is 3.30. The van der Waals surface area contributed by atoms with Gasteiger partial charge in [0.05, 0.1) is 23.3 Å². The molecule has 0 aromatic heterocycles. The number of carbonyl (C=O) groups excluding carboxylic acids is 1. The van der Waals surface area contributed by atoms with Gasteiger partial charge in [-0.1, -0.05) is 17.7 Å². The van der Waals surface area contributed by atoms with E-state index in [0.29, 0.717) is 19.7 Å². The minimum Gasteiger partial charge on any atom is -0.374 e. The molecule has 2 rings (SSSR count). The molecule has 0 aliphatic carbocycles. The van der Waals surface area contributed by atoms with Crippen molar-refractivity contribution in [2.24, 2.45) is 0 Å². The first kappa shape index (κ1) is 14.2. The first-order chi connectivity index (χ1) is 9.09. The summed E-state index contributed by atoms with van der Waals surface area (Å²) in [5, 5.41) is 3.13. The zero-order chi connectivity index (χ0) is 13.8. The molecular formula is C13H16ClFN2O2. The minimum absolute atomic E-state index is 0.0150. The van der Waals surface area contributed by atoms with Gasteiger partial charge >= 0.3 is 0 Å². The molecule has 1 fully saturated rings. The van der Waals surface area contributed by atoms with Crippen molar-refractivity contribution in [1.82, 2.24) is 10.2 Å². The Bertz CT molecular complexity index is 464. The van der Waals surface area contributed by atoms with Gasteiger partial charge in [-0.15, -0.1) is 0 Å². The zero-order valence-electron chi connectivity index (χ0n) is 10.7. The summed E-state index contributed by atoms with van der Waals surface area (Å²) in [5.41, 5.74) is -0.0150. The smallest absolute Gasteiger partial charge is 0.256 e. The molecule has 4 nitrogen and oxygen atoms in total. The van der Waals surface area contributed by atoms with E-state index in [-0.39, 0.29) is 16.7 Å². The van der Waals surface area contributed by atoms with Gasteiger partial charge in [-0.25, -0.2) is 4.39 Å². The maximum absolute atomic E-state index is 13.8. The maximum atomic E-state index is 13.8. The number of nitrogens with zero attached hydrogens (tertiary/aromatic N) is 1. The van der Waals surface area contributed by atoms with Crippen molar-refractivity contribution in [3.05, 3.63) is 34.6 Å². The largest absolute Gasteiger partial charge is 0.374 e. The van der Waals surface area contributed by atoms with E-state index >= 15 is 0 Å². The molecule has 1 heterocycles. The topological polar surface area (TPSA) is 41.6 Å². The van der Waals surface area contributed by atoms with E-state index in [9.17, 15) is 9.18 Å². The molecule has 1 unspecified atom stereocenters. The van der Waals surface area contributed by atoms with Crippen LogP contribution < -0.4 is 5.32 Å². The Morgan fingerprint density at radius 3 is 3.11 bits per heavy atom. The number of hydrogen-bond donors (Lipinski definition) is 1. The number of benzene rings is 1. The Morgan fingerprint density at radius 1 is 1.63 bits per heavy atom. The van der Waals surface area contributed by atoms with Crippen LogP contribution in [0.5, 0.6) is 0 Å². The number of likely N-dealkylation sites (N-methyl/N-ethyl adjacent to an activating group) is 1. The fourth-order valence-corrected chi connectivity index (χ4v) is 2.17. The first-order valence-corrected chi connectivity index (χ1v) is 6.49. The predicted octanol–water partition coefficient (Wildman–Crippen LogP) is 1.54. The van der Waals surface area contributed by atoms with Gasteiger partial charge in [0.25, 0.3) is 5.91 Å². The van der Waals surface area contributed by atoms with Crippen molar-refractivity contribution in [3.8, 4) is 0 Å². The van der Waals surface area contributed by atoms with Crippen molar-refractivity contribution >= 4 is 17.5 Å². The summed E-state index contributed by atoms with van der Waals surface area (Å²) in [4.78, 5) is 13.6. The Labute approximate surface area is 116 Å². The van der Waals surface area contributed by atoms with E-state index < -0.39 is 11.7 Å². The molecule has 6 heteroatoms. The summed E-state index contributed by atoms with van der Waals surface area (Å²) >= 11 is 5.67. The molecule has 1 saturated heterocycles. The van der Waals surface area contributed by atoms with Crippen LogP contribution >= 0.6 is 11.6 Å². The van der Waals surface area contributed by atoms with E-state index in [1.54, 1.807) is 13.1 Å². The maximum Gasteiger partial charge on any atom is 0.256 e. The van der Waals surface area contributed by atoms with Crippen LogP contribution in [0, 0.1) is 5.82 Å². The van der Waals surface area contributed by atoms with Gasteiger partial charge in [0.2, 0.25) is 0 Å². The summed E-state index contributed by atoms with van der Waals surface area (Å²) in [6.45, 7) is 2.54. The average molecular weight is 287 g/mol. The zero-order valence-corrected chi connectivity index (χ0v) is 11.4. The summed E-state index contributed by atoms with van der Waals surface area (Å²) < 4.78 is 19.3. The second-order valence-electron chi connectivity index (χ2n) is 4.48. The van der Waals surface area contributed by atoms with Crippen LogP contribution in [0.4, 0.5) is 4.39 Å². The molecule has 0 saturated carbocycles. The number of amides is 1. The normalized spacial score (nSPS) is 19.2. The van der Waals surface area contributed by atoms with Crippen LogP contribution in [-0.4, -0.2) is 50.2 Å². The molecule has 19 heavy (non-hydrogen) atoms. The lowest BCUT2D eigenvalue weighted by Gasteiger charge is -2.28. The molecule has 1 aromatic carbocycles. The second kappa shape index (κ2) is 6.32. The van der Waals surface area contributed by atoms with Crippen LogP contribution in [0.25, 0.3) is 0 Å². The highest BCUT2D eigenvalue weighted by atomic mass is 35.5. The molecule has 0 bridgehead atoms. The number of ether oxygens (including phenoxy) is 1. The molecule has 0 spiro atoms. The van der Waals surface area contributed by atoms with Gasteiger partial charge in [0.15, 0.2) is 5.82 Å². The molecule has 1 amide bonds. The Kier molecular flexibility index (Phi) is 4.74. The molecule has 1 aliphatic heterocycles. The highest BCUT2D eigenvalue weighted by Crippen LogP contribution is 2.19. The Morgan fingerprint density at radius 2 is 2.42 bits per heavy atom. The van der Waals surface area contributed by atoms with E-state index in [4.69, 9.17) is 16.3 Å². The lowest BCUT2D eigenvalue weighted by Crippen LogP contribution is -2.45. The minimum atomic E-state index is -0.677. The number of rotatable bonds is 3. The second-order valence-corrected chi connectivity index (χ2v) is 4.89. The fraction of sp³-hybridized carbons (Fsp3) is 0.462. The van der Waals surface area contributed by atoms with Crippen molar-refractivity contribution in [2.75, 3.05) is 33.3 Å². The SMILES string of the molecule is CN(CC1CNCCO1)C(=O)c1cccc(Cl)c1F. The van der Waals surface area contributed by atoms with Gasteiger partial charge in [-0.2, -0.15) is 0 Å². The van der Waals surface area contributed by atoms with Crippen molar-refractivity contribution < 1.29 is 13.9 Å². The van der Waals surface area contributed by atoms with E-state index in [0.717, 1.165) is 6.54 Å². The molecule has 1 aliphatic rings. The highest BCUT2D eigenvalue weighted by Gasteiger charge is 2.22. The van der Waals surface area contributed by atoms with Gasteiger partial charge < -0.3 is 15.0 Å². The van der Waals surface area contributed by atoms with E-state index in [1.807, 2.05) is 0 Å². The van der Waals surface area contributed by atoms with E-state index in [2.05, 4.69) is 5.32 Å². The summed E-state index contributed by atoms with van der Waals surface area (Å²) in [6, 6.07) is 4.41. The average Bonchev–Trinajstić information content (AvgIpc) is 2.42. The van der Waals surface area contributed by atoms with Gasteiger partial charge in [-0.3, -0.25) is 4.79 Å². The Hall–Kier alpha value is -1.17. The van der Waals surface area contributed by atoms with Gasteiger partial charge in [0, 0.05) is 26.7 Å². The quantitative estimate of drug-likeness (QED) is 0.916. The van der Waals surface area contributed by atoms with E-state index in [1.165, 1.54) is 17.0 Å². The van der Waals surface area contributed by atoms with Gasteiger partial charge in [-0.05, 0) is 12.1 Å². The number of hydrogen-bond acceptors (Lipinski definition) is 3. The number of morpholine rings is 1. The third kappa shape index (κ3) is 3.43. The predicted molar refractivity (Wildman–Crippen MR) is 71.0 cm³/mol. The molecule has 1 aromatic rings. The lowest BCUT2D eigenvalue weighted by atomic mass is 10.1. The highest BCUT2D eigenvalue weighted by molar-refractivity contribution is 6.31. The summed E-state index contributed by atoms with van der Waals surface area (Å²) in [7, 11) is 1.63. The van der Waals surface area contributed by atoms with Crippen LogP contribution in [0.2, 0.25) is 5.02 Å².